The highest BCUT2D eigenvalue weighted by Gasteiger charge is 2.26. The van der Waals surface area contributed by atoms with E-state index in [9.17, 15) is 0 Å². The molecule has 4 heteroatoms. The molecule has 2 fully saturated rings. The van der Waals surface area contributed by atoms with Gasteiger partial charge in [-0.3, -0.25) is 0 Å². The standard InChI is InChI=1S/C14H24N4/c1-17(13-2-3-13)8-9-18-11-16-10-14(18)12-4-6-15-7-5-12/h10-13,15H,2-9H2,1H3. The summed E-state index contributed by atoms with van der Waals surface area (Å²) in [5, 5.41) is 3.43. The molecule has 1 aromatic rings. The van der Waals surface area contributed by atoms with Crippen molar-refractivity contribution in [2.45, 2.75) is 44.2 Å². The van der Waals surface area contributed by atoms with Gasteiger partial charge in [0.2, 0.25) is 0 Å². The second-order valence-electron chi connectivity index (χ2n) is 5.75. The first kappa shape index (κ1) is 12.2. The third-order valence-corrected chi connectivity index (χ3v) is 4.37. The van der Waals surface area contributed by atoms with E-state index in [2.05, 4.69) is 33.0 Å². The van der Waals surface area contributed by atoms with E-state index in [0.29, 0.717) is 5.92 Å². The predicted octanol–water partition coefficient (Wildman–Crippen LogP) is 1.44. The molecule has 2 aliphatic rings. The lowest BCUT2D eigenvalue weighted by atomic mass is 9.95. The molecule has 0 unspecified atom stereocenters. The van der Waals surface area contributed by atoms with Crippen molar-refractivity contribution >= 4 is 0 Å². The van der Waals surface area contributed by atoms with Crippen LogP contribution in [0.3, 0.4) is 0 Å². The monoisotopic (exact) mass is 248 g/mol. The van der Waals surface area contributed by atoms with Gasteiger partial charge in [0.05, 0.1) is 6.33 Å². The molecule has 1 N–H and O–H groups in total. The van der Waals surface area contributed by atoms with E-state index in [-0.39, 0.29) is 0 Å². The molecule has 1 aliphatic heterocycles. The smallest absolute Gasteiger partial charge is 0.0948 e. The van der Waals surface area contributed by atoms with Crippen molar-refractivity contribution in [1.29, 1.82) is 0 Å². The highest BCUT2D eigenvalue weighted by molar-refractivity contribution is 5.08. The van der Waals surface area contributed by atoms with Crippen molar-refractivity contribution in [3.05, 3.63) is 18.2 Å². The zero-order valence-corrected chi connectivity index (χ0v) is 11.3. The second-order valence-corrected chi connectivity index (χ2v) is 5.75. The highest BCUT2D eigenvalue weighted by Crippen LogP contribution is 2.26. The predicted molar refractivity (Wildman–Crippen MR) is 72.7 cm³/mol. The van der Waals surface area contributed by atoms with Gasteiger partial charge in [0.15, 0.2) is 0 Å². The topological polar surface area (TPSA) is 33.1 Å². The van der Waals surface area contributed by atoms with E-state index in [1.165, 1.54) is 31.4 Å². The van der Waals surface area contributed by atoms with Crippen LogP contribution in [0.2, 0.25) is 0 Å². The Bertz CT molecular complexity index is 377. The van der Waals surface area contributed by atoms with Crippen molar-refractivity contribution in [3.8, 4) is 0 Å². The fourth-order valence-corrected chi connectivity index (χ4v) is 2.94. The Morgan fingerprint density at radius 2 is 2.11 bits per heavy atom. The van der Waals surface area contributed by atoms with Crippen molar-refractivity contribution in [1.82, 2.24) is 19.8 Å². The third kappa shape index (κ3) is 2.75. The van der Waals surface area contributed by atoms with E-state index in [1.54, 1.807) is 0 Å². The largest absolute Gasteiger partial charge is 0.333 e. The molecule has 1 saturated carbocycles. The van der Waals surface area contributed by atoms with Crippen LogP contribution in [-0.2, 0) is 6.54 Å². The van der Waals surface area contributed by atoms with Crippen molar-refractivity contribution in [2.24, 2.45) is 0 Å². The molecule has 100 valence electrons. The molecule has 0 amide bonds. The van der Waals surface area contributed by atoms with Crippen LogP contribution in [-0.4, -0.2) is 47.2 Å². The molecule has 3 rings (SSSR count). The number of hydrogen-bond acceptors (Lipinski definition) is 3. The lowest BCUT2D eigenvalue weighted by Gasteiger charge is -2.24. The van der Waals surface area contributed by atoms with Crippen LogP contribution in [0.5, 0.6) is 0 Å². The molecule has 0 radical (unpaired) electrons. The fourth-order valence-electron chi connectivity index (χ4n) is 2.94. The first-order valence-corrected chi connectivity index (χ1v) is 7.25. The van der Waals surface area contributed by atoms with E-state index < -0.39 is 0 Å². The molecule has 0 spiro atoms. The number of aromatic nitrogens is 2. The van der Waals surface area contributed by atoms with E-state index in [4.69, 9.17) is 0 Å². The molecular formula is C14H24N4. The molecule has 0 atom stereocenters. The molecule has 1 aliphatic carbocycles. The van der Waals surface area contributed by atoms with Gasteiger partial charge in [0, 0.05) is 36.9 Å². The van der Waals surface area contributed by atoms with Crippen LogP contribution in [0.4, 0.5) is 0 Å². The minimum absolute atomic E-state index is 0.708. The zero-order chi connectivity index (χ0) is 12.4. The van der Waals surface area contributed by atoms with E-state index in [1.807, 2.05) is 6.33 Å². The van der Waals surface area contributed by atoms with Crippen LogP contribution >= 0.6 is 0 Å². The van der Waals surface area contributed by atoms with Crippen LogP contribution in [0.25, 0.3) is 0 Å². The van der Waals surface area contributed by atoms with Gasteiger partial charge in [-0.25, -0.2) is 4.98 Å². The lowest BCUT2D eigenvalue weighted by Crippen LogP contribution is -2.29. The number of rotatable bonds is 5. The number of hydrogen-bond donors (Lipinski definition) is 1. The Hall–Kier alpha value is -0.870. The minimum Gasteiger partial charge on any atom is -0.333 e. The summed E-state index contributed by atoms with van der Waals surface area (Å²) >= 11 is 0. The Morgan fingerprint density at radius 3 is 2.83 bits per heavy atom. The van der Waals surface area contributed by atoms with E-state index >= 15 is 0 Å². The number of piperidine rings is 1. The van der Waals surface area contributed by atoms with Crippen molar-refractivity contribution in [3.63, 3.8) is 0 Å². The third-order valence-electron chi connectivity index (χ3n) is 4.37. The summed E-state index contributed by atoms with van der Waals surface area (Å²) in [5.41, 5.74) is 1.45. The number of likely N-dealkylation sites (N-methyl/N-ethyl adjacent to an activating group) is 1. The number of nitrogens with zero attached hydrogens (tertiary/aromatic N) is 3. The van der Waals surface area contributed by atoms with Gasteiger partial charge in [-0.15, -0.1) is 0 Å². The molecule has 4 nitrogen and oxygen atoms in total. The van der Waals surface area contributed by atoms with Gasteiger partial charge >= 0.3 is 0 Å². The summed E-state index contributed by atoms with van der Waals surface area (Å²) in [5.74, 6) is 0.708. The summed E-state index contributed by atoms with van der Waals surface area (Å²) in [7, 11) is 2.25. The van der Waals surface area contributed by atoms with Crippen molar-refractivity contribution < 1.29 is 0 Å². The second kappa shape index (κ2) is 5.41. The summed E-state index contributed by atoms with van der Waals surface area (Å²) in [4.78, 5) is 6.85. The first-order chi connectivity index (χ1) is 8.84. The molecular weight excluding hydrogens is 224 g/mol. The van der Waals surface area contributed by atoms with Crippen LogP contribution in [0, 0.1) is 0 Å². The van der Waals surface area contributed by atoms with Gasteiger partial charge in [-0.2, -0.15) is 0 Å². The van der Waals surface area contributed by atoms with Gasteiger partial charge < -0.3 is 14.8 Å². The Morgan fingerprint density at radius 1 is 1.33 bits per heavy atom. The molecule has 0 aromatic carbocycles. The summed E-state index contributed by atoms with van der Waals surface area (Å²) < 4.78 is 2.37. The van der Waals surface area contributed by atoms with E-state index in [0.717, 1.165) is 32.2 Å². The number of nitrogens with one attached hydrogen (secondary N) is 1. The maximum Gasteiger partial charge on any atom is 0.0948 e. The van der Waals surface area contributed by atoms with Crippen LogP contribution < -0.4 is 5.32 Å². The molecule has 18 heavy (non-hydrogen) atoms. The van der Waals surface area contributed by atoms with Crippen molar-refractivity contribution in [2.75, 3.05) is 26.7 Å². The minimum atomic E-state index is 0.708. The average Bonchev–Trinajstić information content (AvgIpc) is 3.16. The quantitative estimate of drug-likeness (QED) is 0.856. The Labute approximate surface area is 109 Å². The SMILES string of the molecule is CN(CCn1cncc1C1CCNCC1)C1CC1. The summed E-state index contributed by atoms with van der Waals surface area (Å²) in [6.45, 7) is 4.54. The molecule has 1 aromatic heterocycles. The van der Waals surface area contributed by atoms with Gasteiger partial charge in [0.1, 0.15) is 0 Å². The van der Waals surface area contributed by atoms with Gasteiger partial charge in [-0.1, -0.05) is 0 Å². The molecule has 0 bridgehead atoms. The maximum atomic E-state index is 4.36. The van der Waals surface area contributed by atoms with Crippen LogP contribution in [0.15, 0.2) is 12.5 Å². The lowest BCUT2D eigenvalue weighted by molar-refractivity contribution is 0.305. The summed E-state index contributed by atoms with van der Waals surface area (Å²) in [6.07, 6.45) is 9.38. The van der Waals surface area contributed by atoms with Crippen LogP contribution in [0.1, 0.15) is 37.3 Å². The highest BCUT2D eigenvalue weighted by atomic mass is 15.2. The Balaban J connectivity index is 1.59. The normalized spacial score (nSPS) is 21.7. The summed E-state index contributed by atoms with van der Waals surface area (Å²) in [6, 6.07) is 0.857. The number of imidazole rings is 1. The Kier molecular flexibility index (Phi) is 3.66. The zero-order valence-electron chi connectivity index (χ0n) is 11.3. The molecule has 1 saturated heterocycles. The average molecular weight is 248 g/mol. The molecule has 2 heterocycles. The maximum absolute atomic E-state index is 4.36. The van der Waals surface area contributed by atoms with Gasteiger partial charge in [-0.05, 0) is 45.8 Å². The first-order valence-electron chi connectivity index (χ1n) is 7.25. The fraction of sp³-hybridized carbons (Fsp3) is 0.786. The van der Waals surface area contributed by atoms with Gasteiger partial charge in [0.25, 0.3) is 0 Å².